The smallest absolute Gasteiger partial charge is 0.303 e. The Bertz CT molecular complexity index is 1680. The zero-order valence-electron chi connectivity index (χ0n) is 24.3. The molecule has 1 heterocycles. The van der Waals surface area contributed by atoms with Crippen LogP contribution < -0.4 is 9.64 Å². The maximum Gasteiger partial charge on any atom is 0.303 e. The van der Waals surface area contributed by atoms with Crippen LogP contribution in [0.1, 0.15) is 40.7 Å². The zero-order chi connectivity index (χ0) is 30.2. The van der Waals surface area contributed by atoms with Crippen molar-refractivity contribution in [2.45, 2.75) is 33.1 Å². The second-order valence-electron chi connectivity index (χ2n) is 10.2. The quantitative estimate of drug-likeness (QED) is 0.165. The van der Waals surface area contributed by atoms with E-state index in [0.29, 0.717) is 42.3 Å². The van der Waals surface area contributed by atoms with E-state index < -0.39 is 5.97 Å². The predicted molar refractivity (Wildman–Crippen MR) is 168 cm³/mol. The molecule has 0 atom stereocenters. The van der Waals surface area contributed by atoms with Crippen LogP contribution >= 0.6 is 0 Å². The Labute approximate surface area is 251 Å². The Morgan fingerprint density at radius 2 is 1.49 bits per heavy atom. The first-order chi connectivity index (χ1) is 20.9. The number of amides is 1. The van der Waals surface area contributed by atoms with E-state index in [0.717, 1.165) is 33.8 Å². The first-order valence-electron chi connectivity index (χ1n) is 14.4. The molecule has 7 nitrogen and oxygen atoms in total. The van der Waals surface area contributed by atoms with E-state index in [9.17, 15) is 14.7 Å². The molecule has 0 radical (unpaired) electrons. The third-order valence-electron chi connectivity index (χ3n) is 7.29. The second-order valence-corrected chi connectivity index (χ2v) is 10.2. The van der Waals surface area contributed by atoms with E-state index >= 15 is 0 Å². The summed E-state index contributed by atoms with van der Waals surface area (Å²) in [5, 5.41) is 9.24. The first-order valence-corrected chi connectivity index (χ1v) is 14.4. The van der Waals surface area contributed by atoms with Crippen molar-refractivity contribution in [2.24, 2.45) is 0 Å². The van der Waals surface area contributed by atoms with E-state index in [1.165, 1.54) is 0 Å². The lowest BCUT2D eigenvalue weighted by molar-refractivity contribution is -0.136. The van der Waals surface area contributed by atoms with Crippen molar-refractivity contribution < 1.29 is 23.8 Å². The number of hydrogen-bond donors (Lipinski definition) is 1. The highest BCUT2D eigenvalue weighted by molar-refractivity contribution is 6.07. The summed E-state index contributed by atoms with van der Waals surface area (Å²) in [4.78, 5) is 31.3. The van der Waals surface area contributed by atoms with Crippen molar-refractivity contribution in [2.75, 3.05) is 18.1 Å². The van der Waals surface area contributed by atoms with E-state index in [1.54, 1.807) is 23.1 Å². The molecule has 5 rings (SSSR count). The molecule has 1 aromatic heterocycles. The van der Waals surface area contributed by atoms with Crippen molar-refractivity contribution >= 4 is 17.6 Å². The van der Waals surface area contributed by atoms with E-state index in [4.69, 9.17) is 14.1 Å². The molecule has 0 unspecified atom stereocenters. The Balaban J connectivity index is 1.29. The number of aryl methyl sites for hydroxylation is 2. The highest BCUT2D eigenvalue weighted by atomic mass is 16.5. The molecule has 0 bridgehead atoms. The highest BCUT2D eigenvalue weighted by Gasteiger charge is 2.21. The molecular weight excluding hydrogens is 540 g/mol. The van der Waals surface area contributed by atoms with Gasteiger partial charge in [0.15, 0.2) is 0 Å². The van der Waals surface area contributed by atoms with Crippen LogP contribution in [0, 0.1) is 6.92 Å². The van der Waals surface area contributed by atoms with Crippen LogP contribution in [-0.4, -0.2) is 35.1 Å². The molecule has 0 saturated heterocycles. The molecule has 0 saturated carbocycles. The molecule has 0 fully saturated rings. The van der Waals surface area contributed by atoms with Crippen LogP contribution in [-0.2, 0) is 17.6 Å². The number of carbonyl (C=O) groups excluding carboxylic acids is 1. The molecule has 0 aliphatic carbocycles. The summed E-state index contributed by atoms with van der Waals surface area (Å²) in [6, 6.07) is 33.0. The average molecular weight is 575 g/mol. The number of oxazole rings is 1. The van der Waals surface area contributed by atoms with Crippen LogP contribution in [0.2, 0.25) is 0 Å². The van der Waals surface area contributed by atoms with Gasteiger partial charge < -0.3 is 19.2 Å². The summed E-state index contributed by atoms with van der Waals surface area (Å²) in [6.07, 6.45) is 0.698. The van der Waals surface area contributed by atoms with Crippen molar-refractivity contribution in [1.82, 2.24) is 4.98 Å². The zero-order valence-corrected chi connectivity index (χ0v) is 24.3. The number of hydrogen-bond acceptors (Lipinski definition) is 5. The molecular formula is C36H34N2O5. The van der Waals surface area contributed by atoms with Crippen LogP contribution in [0.15, 0.2) is 108 Å². The minimum absolute atomic E-state index is 0.0688. The topological polar surface area (TPSA) is 92.9 Å². The number of aromatic nitrogens is 1. The SMILES string of the molecule is CCN(C(=O)c1cc(OCCc2nc(-c3ccc(-c4ccccc4)cc3)oc2C)ccc1CCC(=O)O)c1ccccc1. The minimum Gasteiger partial charge on any atom is -0.493 e. The van der Waals surface area contributed by atoms with Crippen LogP contribution in [0.3, 0.4) is 0 Å². The minimum atomic E-state index is -0.913. The van der Waals surface area contributed by atoms with Gasteiger partial charge in [-0.15, -0.1) is 0 Å². The van der Waals surface area contributed by atoms with Gasteiger partial charge in [0.05, 0.1) is 12.3 Å². The third kappa shape index (κ3) is 7.19. The van der Waals surface area contributed by atoms with Gasteiger partial charge in [0, 0.05) is 36.2 Å². The fourth-order valence-electron chi connectivity index (χ4n) is 4.99. The molecule has 0 spiro atoms. The molecule has 43 heavy (non-hydrogen) atoms. The molecule has 4 aromatic carbocycles. The largest absolute Gasteiger partial charge is 0.493 e. The number of para-hydroxylation sites is 1. The normalized spacial score (nSPS) is 10.8. The van der Waals surface area contributed by atoms with Gasteiger partial charge >= 0.3 is 5.97 Å². The molecule has 218 valence electrons. The first kappa shape index (κ1) is 29.3. The third-order valence-corrected chi connectivity index (χ3v) is 7.29. The van der Waals surface area contributed by atoms with E-state index in [1.807, 2.05) is 74.5 Å². The lowest BCUT2D eigenvalue weighted by atomic mass is 10.0. The van der Waals surface area contributed by atoms with E-state index in [-0.39, 0.29) is 18.7 Å². The van der Waals surface area contributed by atoms with Crippen molar-refractivity contribution in [3.05, 3.63) is 126 Å². The fourth-order valence-corrected chi connectivity index (χ4v) is 4.99. The number of nitrogens with zero attached hydrogens (tertiary/aromatic N) is 2. The molecule has 0 aliphatic heterocycles. The number of carboxylic acids is 1. The number of anilines is 1. The van der Waals surface area contributed by atoms with Gasteiger partial charge in [0.1, 0.15) is 11.5 Å². The molecule has 5 aromatic rings. The number of ether oxygens (including phenoxy) is 1. The number of rotatable bonds is 12. The lowest BCUT2D eigenvalue weighted by Crippen LogP contribution is -2.31. The standard InChI is InChI=1S/C36H34N2O5/c1-3-38(30-12-8-5-9-13-30)36(41)32-24-31(20-18-28(32)19-21-34(39)40)42-23-22-33-25(2)43-35(37-33)29-16-14-27(15-17-29)26-10-6-4-7-11-26/h4-18,20,24H,3,19,21-23H2,1-2H3,(H,39,40). The number of carboxylic acid groups (broad SMARTS) is 1. The van der Waals surface area contributed by atoms with Crippen LogP contribution in [0.5, 0.6) is 5.75 Å². The number of aliphatic carboxylic acids is 1. The van der Waals surface area contributed by atoms with Gasteiger partial charge in [-0.2, -0.15) is 0 Å². The number of carbonyl (C=O) groups is 2. The van der Waals surface area contributed by atoms with Gasteiger partial charge in [0.25, 0.3) is 5.91 Å². The van der Waals surface area contributed by atoms with Gasteiger partial charge in [-0.05, 0) is 73.4 Å². The molecule has 7 heteroatoms. The average Bonchev–Trinajstić information content (AvgIpc) is 3.41. The predicted octanol–water partition coefficient (Wildman–Crippen LogP) is 7.62. The van der Waals surface area contributed by atoms with Gasteiger partial charge in [-0.1, -0.05) is 66.7 Å². The summed E-state index contributed by atoms with van der Waals surface area (Å²) in [5.74, 6) is 0.707. The lowest BCUT2D eigenvalue weighted by Gasteiger charge is -2.23. The Morgan fingerprint density at radius 3 is 2.16 bits per heavy atom. The summed E-state index contributed by atoms with van der Waals surface area (Å²) < 4.78 is 12.0. The van der Waals surface area contributed by atoms with Crippen LogP contribution in [0.4, 0.5) is 5.69 Å². The van der Waals surface area contributed by atoms with Crippen LogP contribution in [0.25, 0.3) is 22.6 Å². The second kappa shape index (κ2) is 13.7. The molecule has 0 aliphatic rings. The maximum atomic E-state index is 13.7. The summed E-state index contributed by atoms with van der Waals surface area (Å²) in [6.45, 7) is 4.60. The Morgan fingerprint density at radius 1 is 0.837 bits per heavy atom. The summed E-state index contributed by atoms with van der Waals surface area (Å²) in [7, 11) is 0. The maximum absolute atomic E-state index is 13.7. The van der Waals surface area contributed by atoms with E-state index in [2.05, 4.69) is 24.3 Å². The Hall–Kier alpha value is -5.17. The summed E-state index contributed by atoms with van der Waals surface area (Å²) in [5.41, 5.74) is 5.86. The van der Waals surface area contributed by atoms with Crippen molar-refractivity contribution in [3.8, 4) is 28.3 Å². The molecule has 1 N–H and O–H groups in total. The summed E-state index contributed by atoms with van der Waals surface area (Å²) >= 11 is 0. The van der Waals surface area contributed by atoms with Crippen molar-refractivity contribution in [3.63, 3.8) is 0 Å². The van der Waals surface area contributed by atoms with Gasteiger partial charge in [-0.3, -0.25) is 9.59 Å². The van der Waals surface area contributed by atoms with Gasteiger partial charge in [0.2, 0.25) is 5.89 Å². The Kier molecular flexibility index (Phi) is 9.32. The highest BCUT2D eigenvalue weighted by Crippen LogP contribution is 2.27. The van der Waals surface area contributed by atoms with Gasteiger partial charge in [-0.25, -0.2) is 4.98 Å². The van der Waals surface area contributed by atoms with Crippen molar-refractivity contribution in [1.29, 1.82) is 0 Å². The monoisotopic (exact) mass is 574 g/mol. The number of benzene rings is 4. The molecule has 1 amide bonds. The fraction of sp³-hybridized carbons (Fsp3) is 0.194.